The van der Waals surface area contributed by atoms with Crippen LogP contribution in [0.4, 0.5) is 0 Å². The molecule has 3 heterocycles. The van der Waals surface area contributed by atoms with E-state index in [2.05, 4.69) is 32.4 Å². The topological polar surface area (TPSA) is 51.0 Å². The van der Waals surface area contributed by atoms with Crippen LogP contribution in [0.25, 0.3) is 11.4 Å². The SMILES string of the molecule is Cc1cnc(-c2cccnc2)n1CC1CCCN(C(=O)CCC2CCCC2)C1. The molecule has 5 heteroatoms. The van der Waals surface area contributed by atoms with Crippen LogP contribution in [-0.4, -0.2) is 38.4 Å². The van der Waals surface area contributed by atoms with Crippen LogP contribution in [0.2, 0.25) is 0 Å². The van der Waals surface area contributed by atoms with E-state index in [1.54, 1.807) is 6.20 Å². The van der Waals surface area contributed by atoms with E-state index in [1.807, 2.05) is 18.5 Å². The molecule has 1 aliphatic carbocycles. The normalized spacial score (nSPS) is 20.6. The van der Waals surface area contributed by atoms with Crippen LogP contribution in [0.1, 0.15) is 57.1 Å². The van der Waals surface area contributed by atoms with Crippen LogP contribution < -0.4 is 0 Å². The van der Waals surface area contributed by atoms with Crippen molar-refractivity contribution < 1.29 is 4.79 Å². The highest BCUT2D eigenvalue weighted by atomic mass is 16.2. The van der Waals surface area contributed by atoms with Gasteiger partial charge in [0.15, 0.2) is 0 Å². The largest absolute Gasteiger partial charge is 0.342 e. The molecular formula is C23H32N4O. The van der Waals surface area contributed by atoms with E-state index in [-0.39, 0.29) is 0 Å². The third-order valence-electron chi connectivity index (χ3n) is 6.53. The molecular weight excluding hydrogens is 348 g/mol. The van der Waals surface area contributed by atoms with Crippen LogP contribution in [-0.2, 0) is 11.3 Å². The number of hydrogen-bond acceptors (Lipinski definition) is 3. The number of imidazole rings is 1. The summed E-state index contributed by atoms with van der Waals surface area (Å²) < 4.78 is 2.30. The van der Waals surface area contributed by atoms with Crippen LogP contribution in [0.15, 0.2) is 30.7 Å². The highest BCUT2D eigenvalue weighted by molar-refractivity contribution is 5.76. The molecule has 2 aliphatic rings. The number of rotatable bonds is 6. The Morgan fingerprint density at radius 3 is 2.75 bits per heavy atom. The summed E-state index contributed by atoms with van der Waals surface area (Å²) in [4.78, 5) is 23.7. The summed E-state index contributed by atoms with van der Waals surface area (Å²) in [5.74, 6) is 2.63. The minimum atomic E-state index is 0.367. The predicted molar refractivity (Wildman–Crippen MR) is 111 cm³/mol. The van der Waals surface area contributed by atoms with Gasteiger partial charge >= 0.3 is 0 Å². The lowest BCUT2D eigenvalue weighted by molar-refractivity contribution is -0.133. The lowest BCUT2D eigenvalue weighted by atomic mass is 9.96. The molecule has 28 heavy (non-hydrogen) atoms. The Hall–Kier alpha value is -2.17. The van der Waals surface area contributed by atoms with Crippen molar-refractivity contribution in [3.8, 4) is 11.4 Å². The quantitative estimate of drug-likeness (QED) is 0.743. The fraction of sp³-hybridized carbons (Fsp3) is 0.609. The second-order valence-corrected chi connectivity index (χ2v) is 8.61. The molecule has 0 spiro atoms. The van der Waals surface area contributed by atoms with Gasteiger partial charge in [0.1, 0.15) is 5.82 Å². The van der Waals surface area contributed by atoms with E-state index in [0.29, 0.717) is 11.8 Å². The third-order valence-corrected chi connectivity index (χ3v) is 6.53. The molecule has 1 saturated heterocycles. The number of aromatic nitrogens is 3. The average molecular weight is 381 g/mol. The molecule has 0 aromatic carbocycles. The summed E-state index contributed by atoms with van der Waals surface area (Å²) in [5.41, 5.74) is 2.22. The first-order chi connectivity index (χ1) is 13.7. The van der Waals surface area contributed by atoms with E-state index < -0.39 is 0 Å². The number of amides is 1. The Labute approximate surface area is 168 Å². The zero-order valence-electron chi connectivity index (χ0n) is 17.0. The summed E-state index contributed by atoms with van der Waals surface area (Å²) >= 11 is 0. The van der Waals surface area contributed by atoms with E-state index in [0.717, 1.165) is 56.2 Å². The number of aryl methyl sites for hydroxylation is 1. The third kappa shape index (κ3) is 4.45. The van der Waals surface area contributed by atoms with Gasteiger partial charge in [0.2, 0.25) is 5.91 Å². The Morgan fingerprint density at radius 1 is 1.14 bits per heavy atom. The van der Waals surface area contributed by atoms with Gasteiger partial charge in [0, 0.05) is 55.9 Å². The molecule has 1 amide bonds. The summed E-state index contributed by atoms with van der Waals surface area (Å²) in [6.45, 7) is 4.84. The number of nitrogens with zero attached hydrogens (tertiary/aromatic N) is 4. The van der Waals surface area contributed by atoms with Crippen molar-refractivity contribution in [2.24, 2.45) is 11.8 Å². The molecule has 0 radical (unpaired) electrons. The maximum atomic E-state index is 12.8. The number of likely N-dealkylation sites (tertiary alicyclic amines) is 1. The second kappa shape index (κ2) is 8.89. The van der Waals surface area contributed by atoms with Gasteiger partial charge in [-0.2, -0.15) is 0 Å². The standard InChI is InChI=1S/C23H32N4O/c1-18-14-25-23(21-9-4-12-24-15-21)27(18)17-20-8-5-13-26(16-20)22(28)11-10-19-6-2-3-7-19/h4,9,12,14-15,19-20H,2-3,5-8,10-11,13,16-17H2,1H3. The Bertz CT molecular complexity index is 779. The maximum Gasteiger partial charge on any atom is 0.222 e. The lowest BCUT2D eigenvalue weighted by Gasteiger charge is -2.33. The first-order valence-corrected chi connectivity index (χ1v) is 10.9. The van der Waals surface area contributed by atoms with Crippen LogP contribution >= 0.6 is 0 Å². The molecule has 150 valence electrons. The Balaban J connectivity index is 1.38. The first-order valence-electron chi connectivity index (χ1n) is 10.9. The van der Waals surface area contributed by atoms with Crippen molar-refractivity contribution in [2.45, 2.75) is 64.8 Å². The molecule has 0 N–H and O–H groups in total. The van der Waals surface area contributed by atoms with Crippen LogP contribution in [0.3, 0.4) is 0 Å². The van der Waals surface area contributed by atoms with Crippen molar-refractivity contribution in [3.05, 3.63) is 36.4 Å². The molecule has 1 atom stereocenters. The van der Waals surface area contributed by atoms with E-state index in [9.17, 15) is 4.79 Å². The van der Waals surface area contributed by atoms with Crippen molar-refractivity contribution >= 4 is 5.91 Å². The number of hydrogen-bond donors (Lipinski definition) is 0. The second-order valence-electron chi connectivity index (χ2n) is 8.61. The van der Waals surface area contributed by atoms with Gasteiger partial charge in [-0.15, -0.1) is 0 Å². The zero-order chi connectivity index (χ0) is 19.3. The molecule has 0 bridgehead atoms. The average Bonchev–Trinajstić information content (AvgIpc) is 3.37. The molecule has 1 unspecified atom stereocenters. The summed E-state index contributed by atoms with van der Waals surface area (Å²) in [5, 5.41) is 0. The van der Waals surface area contributed by atoms with E-state index in [1.165, 1.54) is 37.8 Å². The summed E-state index contributed by atoms with van der Waals surface area (Å²) in [6.07, 6.45) is 15.1. The fourth-order valence-electron chi connectivity index (χ4n) is 4.90. The zero-order valence-corrected chi connectivity index (χ0v) is 17.0. The highest BCUT2D eigenvalue weighted by Gasteiger charge is 2.26. The van der Waals surface area contributed by atoms with Gasteiger partial charge < -0.3 is 9.47 Å². The molecule has 5 nitrogen and oxygen atoms in total. The summed E-state index contributed by atoms with van der Waals surface area (Å²) in [6, 6.07) is 4.01. The lowest BCUT2D eigenvalue weighted by Crippen LogP contribution is -2.41. The van der Waals surface area contributed by atoms with Crippen LogP contribution in [0, 0.1) is 18.8 Å². The monoisotopic (exact) mass is 380 g/mol. The van der Waals surface area contributed by atoms with Gasteiger partial charge in [0.05, 0.1) is 0 Å². The number of piperidine rings is 1. The van der Waals surface area contributed by atoms with Gasteiger partial charge in [0.25, 0.3) is 0 Å². The highest BCUT2D eigenvalue weighted by Crippen LogP contribution is 2.29. The predicted octanol–water partition coefficient (Wildman–Crippen LogP) is 4.46. The fourth-order valence-corrected chi connectivity index (χ4v) is 4.90. The molecule has 2 fully saturated rings. The van der Waals surface area contributed by atoms with Crippen molar-refractivity contribution in [1.29, 1.82) is 0 Å². The van der Waals surface area contributed by atoms with E-state index in [4.69, 9.17) is 0 Å². The van der Waals surface area contributed by atoms with Crippen molar-refractivity contribution in [3.63, 3.8) is 0 Å². The molecule has 4 rings (SSSR count). The van der Waals surface area contributed by atoms with Crippen molar-refractivity contribution in [2.75, 3.05) is 13.1 Å². The molecule has 1 aliphatic heterocycles. The number of pyridine rings is 1. The van der Waals surface area contributed by atoms with Gasteiger partial charge in [-0.05, 0) is 50.2 Å². The number of carbonyl (C=O) groups is 1. The Kier molecular flexibility index (Phi) is 6.08. The Morgan fingerprint density at radius 2 is 1.96 bits per heavy atom. The summed E-state index contributed by atoms with van der Waals surface area (Å²) in [7, 11) is 0. The maximum absolute atomic E-state index is 12.8. The van der Waals surface area contributed by atoms with Gasteiger partial charge in [-0.3, -0.25) is 9.78 Å². The first kappa shape index (κ1) is 19.2. The molecule has 2 aromatic heterocycles. The minimum absolute atomic E-state index is 0.367. The van der Waals surface area contributed by atoms with E-state index >= 15 is 0 Å². The molecule has 1 saturated carbocycles. The van der Waals surface area contributed by atoms with Gasteiger partial charge in [-0.25, -0.2) is 4.98 Å². The number of carbonyl (C=O) groups excluding carboxylic acids is 1. The molecule has 2 aromatic rings. The minimum Gasteiger partial charge on any atom is -0.342 e. The van der Waals surface area contributed by atoms with Crippen molar-refractivity contribution in [1.82, 2.24) is 19.4 Å². The van der Waals surface area contributed by atoms with Gasteiger partial charge in [-0.1, -0.05) is 25.7 Å². The van der Waals surface area contributed by atoms with Crippen LogP contribution in [0.5, 0.6) is 0 Å². The smallest absolute Gasteiger partial charge is 0.222 e.